The lowest BCUT2D eigenvalue weighted by Crippen LogP contribution is -2.45. The number of anilines is 3. The molecule has 166 valence electrons. The molecule has 1 saturated heterocycles. The molecule has 0 spiro atoms. The summed E-state index contributed by atoms with van der Waals surface area (Å²) in [5, 5.41) is 6.07. The average molecular weight is 432 g/mol. The van der Waals surface area contributed by atoms with Gasteiger partial charge >= 0.3 is 0 Å². The Morgan fingerprint density at radius 1 is 1.00 bits per heavy atom. The highest BCUT2D eigenvalue weighted by Gasteiger charge is 2.28. The van der Waals surface area contributed by atoms with Crippen LogP contribution in [0.25, 0.3) is 0 Å². The summed E-state index contributed by atoms with van der Waals surface area (Å²) in [5.74, 6) is 0.488. The zero-order valence-electron chi connectivity index (χ0n) is 18.6. The van der Waals surface area contributed by atoms with Gasteiger partial charge in [-0.25, -0.2) is 0 Å². The van der Waals surface area contributed by atoms with E-state index in [1.165, 1.54) is 5.56 Å². The fraction of sp³-hybridized carbons (Fsp3) is 0.346. The molecule has 1 fully saturated rings. The summed E-state index contributed by atoms with van der Waals surface area (Å²) >= 11 is 0. The molecule has 4 rings (SSSR count). The predicted molar refractivity (Wildman–Crippen MR) is 130 cm³/mol. The Morgan fingerprint density at radius 3 is 2.41 bits per heavy atom. The van der Waals surface area contributed by atoms with Crippen molar-refractivity contribution in [3.05, 3.63) is 85.7 Å². The Morgan fingerprint density at radius 2 is 1.72 bits per heavy atom. The first-order valence-corrected chi connectivity index (χ1v) is 11.3. The first-order valence-electron chi connectivity index (χ1n) is 11.3. The molecule has 1 heterocycles. The second kappa shape index (κ2) is 9.39. The summed E-state index contributed by atoms with van der Waals surface area (Å²) in [5.41, 5.74) is 3.56. The van der Waals surface area contributed by atoms with E-state index in [4.69, 9.17) is 0 Å². The molecule has 0 saturated carbocycles. The summed E-state index contributed by atoms with van der Waals surface area (Å²) in [4.78, 5) is 38.8. The van der Waals surface area contributed by atoms with Crippen LogP contribution in [0.2, 0.25) is 0 Å². The van der Waals surface area contributed by atoms with Crippen LogP contribution in [-0.4, -0.2) is 19.0 Å². The van der Waals surface area contributed by atoms with Crippen molar-refractivity contribution in [3.8, 4) is 0 Å². The molecule has 32 heavy (non-hydrogen) atoms. The molecule has 0 aliphatic carbocycles. The van der Waals surface area contributed by atoms with Gasteiger partial charge in [-0.2, -0.15) is 0 Å². The number of hydrogen-bond acceptors (Lipinski definition) is 5. The van der Waals surface area contributed by atoms with E-state index in [-0.39, 0.29) is 11.3 Å². The van der Waals surface area contributed by atoms with Crippen LogP contribution in [0.15, 0.2) is 58.1 Å². The molecule has 6 heteroatoms. The number of carbonyl (C=O) groups is 1. The van der Waals surface area contributed by atoms with Gasteiger partial charge in [0.15, 0.2) is 0 Å². The van der Waals surface area contributed by atoms with Crippen molar-refractivity contribution in [1.29, 1.82) is 0 Å². The fourth-order valence-corrected chi connectivity index (χ4v) is 4.11. The van der Waals surface area contributed by atoms with Crippen molar-refractivity contribution in [2.24, 2.45) is 5.92 Å². The number of nitrogens with zero attached hydrogens (tertiary/aromatic N) is 1. The summed E-state index contributed by atoms with van der Waals surface area (Å²) in [7, 11) is 0. The molecule has 0 aromatic heterocycles. The summed E-state index contributed by atoms with van der Waals surface area (Å²) in [6, 6.07) is 15.1. The largest absolute Gasteiger partial charge is 0.376 e. The normalized spacial score (nSPS) is 14.5. The summed E-state index contributed by atoms with van der Waals surface area (Å²) < 4.78 is 0. The Hall–Kier alpha value is -3.41. The lowest BCUT2D eigenvalue weighted by atomic mass is 9.98. The third-order valence-corrected chi connectivity index (χ3v) is 6.26. The van der Waals surface area contributed by atoms with Gasteiger partial charge in [0.1, 0.15) is 11.4 Å². The summed E-state index contributed by atoms with van der Waals surface area (Å²) in [6.45, 7) is 6.33. The number of carbonyl (C=O) groups excluding carboxylic acids is 1. The van der Waals surface area contributed by atoms with E-state index in [1.54, 1.807) is 12.1 Å². The van der Waals surface area contributed by atoms with Crippen LogP contribution >= 0.6 is 0 Å². The van der Waals surface area contributed by atoms with Crippen molar-refractivity contribution in [3.63, 3.8) is 0 Å². The molecule has 1 aliphatic rings. The van der Waals surface area contributed by atoms with Gasteiger partial charge in [0, 0.05) is 30.9 Å². The van der Waals surface area contributed by atoms with Gasteiger partial charge in [-0.1, -0.05) is 38.1 Å². The monoisotopic (exact) mass is 431 g/mol. The van der Waals surface area contributed by atoms with E-state index in [9.17, 15) is 14.4 Å². The van der Waals surface area contributed by atoms with E-state index in [0.29, 0.717) is 29.4 Å². The average Bonchev–Trinajstić information content (AvgIpc) is 2.82. The molecule has 1 aliphatic heterocycles. The van der Waals surface area contributed by atoms with Gasteiger partial charge in [-0.15, -0.1) is 0 Å². The number of aryl methyl sites for hydroxylation is 1. The lowest BCUT2D eigenvalue weighted by Gasteiger charge is -2.33. The molecular formula is C26H29N3O3. The van der Waals surface area contributed by atoms with Crippen LogP contribution in [0.3, 0.4) is 0 Å². The molecule has 0 atom stereocenters. The smallest absolute Gasteiger partial charge is 0.255 e. The minimum absolute atomic E-state index is 0.165. The maximum absolute atomic E-state index is 12.5. The van der Waals surface area contributed by atoms with Crippen LogP contribution < -0.4 is 26.4 Å². The Balaban J connectivity index is 1.37. The lowest BCUT2D eigenvalue weighted by molar-refractivity contribution is 0.102. The van der Waals surface area contributed by atoms with Crippen LogP contribution in [0.5, 0.6) is 0 Å². The van der Waals surface area contributed by atoms with Gasteiger partial charge in [0.05, 0.1) is 0 Å². The molecule has 6 nitrogen and oxygen atoms in total. The highest BCUT2D eigenvalue weighted by molar-refractivity contribution is 6.04. The van der Waals surface area contributed by atoms with Crippen molar-refractivity contribution >= 4 is 23.0 Å². The second-order valence-electron chi connectivity index (χ2n) is 8.61. The maximum Gasteiger partial charge on any atom is 0.255 e. The number of amides is 1. The van der Waals surface area contributed by atoms with Crippen LogP contribution in [0, 0.1) is 5.92 Å². The van der Waals surface area contributed by atoms with Gasteiger partial charge in [0.25, 0.3) is 16.8 Å². The number of benzene rings is 2. The van der Waals surface area contributed by atoms with Crippen molar-refractivity contribution in [2.45, 2.75) is 39.7 Å². The third kappa shape index (κ3) is 4.59. The van der Waals surface area contributed by atoms with Gasteiger partial charge in [-0.05, 0) is 60.6 Å². The Labute approximate surface area is 188 Å². The first-order chi connectivity index (χ1) is 15.5. The molecule has 0 unspecified atom stereocenters. The molecule has 0 radical (unpaired) electrons. The minimum atomic E-state index is -0.441. The van der Waals surface area contributed by atoms with Crippen LogP contribution in [0.1, 0.15) is 48.2 Å². The molecule has 0 bridgehead atoms. The van der Waals surface area contributed by atoms with E-state index >= 15 is 0 Å². The Kier molecular flexibility index (Phi) is 6.40. The van der Waals surface area contributed by atoms with Crippen molar-refractivity contribution < 1.29 is 4.79 Å². The Bertz CT molecular complexity index is 1170. The number of nitrogens with one attached hydrogen (secondary N) is 2. The van der Waals surface area contributed by atoms with Gasteiger partial charge in [-0.3, -0.25) is 14.4 Å². The number of piperidine rings is 1. The van der Waals surface area contributed by atoms with Crippen LogP contribution in [-0.2, 0) is 13.0 Å². The van der Waals surface area contributed by atoms with E-state index < -0.39 is 5.43 Å². The highest BCUT2D eigenvalue weighted by Crippen LogP contribution is 2.26. The molecule has 1 amide bonds. The fourth-order valence-electron chi connectivity index (χ4n) is 4.11. The molecular weight excluding hydrogens is 402 g/mol. The second-order valence-corrected chi connectivity index (χ2v) is 8.61. The van der Waals surface area contributed by atoms with Gasteiger partial charge < -0.3 is 15.5 Å². The quantitative estimate of drug-likeness (QED) is 0.554. The van der Waals surface area contributed by atoms with Gasteiger partial charge in [0.2, 0.25) is 0 Å². The maximum atomic E-state index is 12.5. The summed E-state index contributed by atoms with van der Waals surface area (Å²) in [6.07, 6.45) is 2.98. The molecule has 3 aromatic carbocycles. The van der Waals surface area contributed by atoms with Crippen molar-refractivity contribution in [1.82, 2.24) is 0 Å². The third-order valence-electron chi connectivity index (χ3n) is 6.26. The van der Waals surface area contributed by atoms with E-state index in [0.717, 1.165) is 43.6 Å². The standard InChI is InChI=1S/C26H29N3O3/c1-3-18-5-4-6-21(15-18)28-26(32)20-9-7-19(8-10-20)16-27-22-23(25(31)24(22)30)29-13-11-17(2)12-14-29/h4-10,15,17,27H,3,11-14,16H2,1-2H3,(H,28,32). The minimum Gasteiger partial charge on any atom is -0.376 e. The van der Waals surface area contributed by atoms with Crippen molar-refractivity contribution in [2.75, 3.05) is 28.6 Å². The number of rotatable bonds is 7. The zero-order valence-corrected chi connectivity index (χ0v) is 18.6. The zero-order chi connectivity index (χ0) is 22.7. The van der Waals surface area contributed by atoms with Crippen LogP contribution in [0.4, 0.5) is 17.1 Å². The molecule has 3 aromatic rings. The molecule has 2 N–H and O–H groups in total. The first kappa shape index (κ1) is 21.8. The SMILES string of the molecule is CCc1cccc(NC(=O)c2ccc(CNc3c(N4CCC(C)CC4)c(=O)c3=O)cc2)c1. The number of hydrogen-bond donors (Lipinski definition) is 2. The van der Waals surface area contributed by atoms with E-state index in [1.807, 2.05) is 41.3 Å². The van der Waals surface area contributed by atoms with E-state index in [2.05, 4.69) is 24.5 Å². The topological polar surface area (TPSA) is 78.5 Å². The predicted octanol–water partition coefficient (Wildman–Crippen LogP) is 3.95. The highest BCUT2D eigenvalue weighted by atomic mass is 16.2.